The summed E-state index contributed by atoms with van der Waals surface area (Å²) in [5.74, 6) is 1.31. The maximum Gasteiger partial charge on any atom is 0.314 e. The van der Waals surface area contributed by atoms with Crippen molar-refractivity contribution in [2.24, 2.45) is 5.73 Å². The second-order valence-corrected chi connectivity index (χ2v) is 7.56. The Balaban J connectivity index is 1.49. The number of rotatable bonds is 8. The van der Waals surface area contributed by atoms with Gasteiger partial charge in [-0.25, -0.2) is 4.79 Å². The third kappa shape index (κ3) is 5.73. The third-order valence-electron chi connectivity index (χ3n) is 5.42. The first-order valence-corrected chi connectivity index (χ1v) is 10.0. The topological polar surface area (TPSA) is 91.5 Å². The molecule has 1 unspecified atom stereocenters. The van der Waals surface area contributed by atoms with Crippen molar-refractivity contribution in [3.63, 3.8) is 0 Å². The van der Waals surface area contributed by atoms with Crippen LogP contribution in [0.25, 0.3) is 0 Å². The summed E-state index contributed by atoms with van der Waals surface area (Å²) in [5, 5.41) is 10.2. The molecule has 2 heterocycles. The maximum atomic E-state index is 11.2. The second-order valence-electron chi connectivity index (χ2n) is 7.56. The van der Waals surface area contributed by atoms with E-state index in [0.29, 0.717) is 31.1 Å². The quantitative estimate of drug-likeness (QED) is 0.678. The Labute approximate surface area is 166 Å². The largest absolute Gasteiger partial charge is 0.493 e. The van der Waals surface area contributed by atoms with Crippen molar-refractivity contribution in [1.82, 2.24) is 14.7 Å². The van der Waals surface area contributed by atoms with E-state index < -0.39 is 6.10 Å². The molecule has 0 aliphatic carbocycles. The van der Waals surface area contributed by atoms with Crippen LogP contribution in [-0.2, 0) is 6.54 Å². The van der Waals surface area contributed by atoms with E-state index in [0.717, 1.165) is 38.3 Å². The van der Waals surface area contributed by atoms with E-state index in [9.17, 15) is 9.90 Å². The van der Waals surface area contributed by atoms with E-state index in [1.54, 1.807) is 12.0 Å². The first-order valence-electron chi connectivity index (χ1n) is 10.0. The Morgan fingerprint density at radius 3 is 2.46 bits per heavy atom. The van der Waals surface area contributed by atoms with E-state index in [1.165, 1.54) is 12.8 Å². The van der Waals surface area contributed by atoms with Crippen molar-refractivity contribution in [1.29, 1.82) is 0 Å². The van der Waals surface area contributed by atoms with Crippen LogP contribution < -0.4 is 15.2 Å². The van der Waals surface area contributed by atoms with Gasteiger partial charge in [-0.2, -0.15) is 0 Å². The number of piperazine rings is 1. The van der Waals surface area contributed by atoms with Crippen molar-refractivity contribution in [3.05, 3.63) is 23.8 Å². The molecule has 2 aliphatic heterocycles. The van der Waals surface area contributed by atoms with Gasteiger partial charge in [-0.15, -0.1) is 0 Å². The fourth-order valence-corrected chi connectivity index (χ4v) is 3.82. The number of nitrogens with zero attached hydrogens (tertiary/aromatic N) is 3. The summed E-state index contributed by atoms with van der Waals surface area (Å²) in [6.45, 7) is 6.70. The van der Waals surface area contributed by atoms with Crippen molar-refractivity contribution in [2.75, 3.05) is 59.5 Å². The Morgan fingerprint density at radius 1 is 1.11 bits per heavy atom. The first kappa shape index (κ1) is 20.7. The molecule has 28 heavy (non-hydrogen) atoms. The van der Waals surface area contributed by atoms with E-state index >= 15 is 0 Å². The number of likely N-dealkylation sites (tertiary alicyclic amines) is 1. The Bertz CT molecular complexity index is 643. The lowest BCUT2D eigenvalue weighted by Crippen LogP contribution is -2.50. The standard InChI is InChI=1S/C20H32N4O4/c1-27-19-12-16(13-23-8-10-24(11-9-23)20(21)26)4-5-18(19)28-15-17(25)14-22-6-2-3-7-22/h4-5,12,17,25H,2-3,6-11,13-15H2,1H3,(H2,21,26). The van der Waals surface area contributed by atoms with Crippen LogP contribution in [0.15, 0.2) is 18.2 Å². The van der Waals surface area contributed by atoms with Gasteiger partial charge in [0, 0.05) is 39.3 Å². The lowest BCUT2D eigenvalue weighted by Gasteiger charge is -2.33. The number of nitrogens with two attached hydrogens (primary N) is 1. The van der Waals surface area contributed by atoms with Gasteiger partial charge >= 0.3 is 6.03 Å². The van der Waals surface area contributed by atoms with Crippen LogP contribution in [0.1, 0.15) is 18.4 Å². The van der Waals surface area contributed by atoms with Gasteiger partial charge in [-0.3, -0.25) is 4.90 Å². The summed E-state index contributed by atoms with van der Waals surface area (Å²) >= 11 is 0. The number of hydrogen-bond acceptors (Lipinski definition) is 6. The number of urea groups is 1. The molecule has 0 spiro atoms. The Kier molecular flexibility index (Phi) is 7.36. The van der Waals surface area contributed by atoms with Gasteiger partial charge in [0.25, 0.3) is 0 Å². The fraction of sp³-hybridized carbons (Fsp3) is 0.650. The lowest BCUT2D eigenvalue weighted by atomic mass is 10.1. The molecule has 8 heteroatoms. The molecule has 2 aliphatic rings. The number of methoxy groups -OCH3 is 1. The molecule has 1 aromatic rings. The van der Waals surface area contributed by atoms with Crippen molar-refractivity contribution < 1.29 is 19.4 Å². The summed E-state index contributed by atoms with van der Waals surface area (Å²) in [7, 11) is 1.62. The van der Waals surface area contributed by atoms with Gasteiger partial charge in [-0.1, -0.05) is 6.07 Å². The Morgan fingerprint density at radius 2 is 1.82 bits per heavy atom. The average molecular weight is 393 g/mol. The SMILES string of the molecule is COc1cc(CN2CCN(C(N)=O)CC2)ccc1OCC(O)CN1CCCC1. The monoisotopic (exact) mass is 392 g/mol. The molecule has 8 nitrogen and oxygen atoms in total. The molecular weight excluding hydrogens is 360 g/mol. The molecule has 3 N–H and O–H groups in total. The van der Waals surface area contributed by atoms with Crippen LogP contribution in [0.3, 0.4) is 0 Å². The van der Waals surface area contributed by atoms with Gasteiger partial charge in [0.05, 0.1) is 7.11 Å². The van der Waals surface area contributed by atoms with E-state index in [1.807, 2.05) is 18.2 Å². The zero-order chi connectivity index (χ0) is 19.9. The number of benzene rings is 1. The van der Waals surface area contributed by atoms with Crippen molar-refractivity contribution in [3.8, 4) is 11.5 Å². The molecule has 0 aromatic heterocycles. The zero-order valence-corrected chi connectivity index (χ0v) is 16.7. The lowest BCUT2D eigenvalue weighted by molar-refractivity contribution is 0.0747. The predicted octanol–water partition coefficient (Wildman–Crippen LogP) is 0.727. The number of β-amino-alcohol motifs (C(OH)–C–C–N with tert-alkyl or cyclic N) is 1. The molecule has 0 saturated carbocycles. The molecule has 2 amide bonds. The van der Waals surface area contributed by atoms with E-state index in [4.69, 9.17) is 15.2 Å². The highest BCUT2D eigenvalue weighted by molar-refractivity contribution is 5.72. The van der Waals surface area contributed by atoms with Gasteiger partial charge < -0.3 is 30.1 Å². The third-order valence-corrected chi connectivity index (χ3v) is 5.42. The molecule has 156 valence electrons. The first-order chi connectivity index (χ1) is 13.5. The van der Waals surface area contributed by atoms with Crippen LogP contribution in [-0.4, -0.2) is 91.5 Å². The normalized spacial score (nSPS) is 19.6. The number of carbonyl (C=O) groups is 1. The smallest absolute Gasteiger partial charge is 0.314 e. The molecule has 1 aromatic carbocycles. The van der Waals surface area contributed by atoms with Crippen molar-refractivity contribution >= 4 is 6.03 Å². The van der Waals surface area contributed by atoms with Gasteiger partial charge in [0.15, 0.2) is 11.5 Å². The molecule has 1 atom stereocenters. The molecule has 3 rings (SSSR count). The van der Waals surface area contributed by atoms with Gasteiger partial charge in [0.2, 0.25) is 0 Å². The van der Waals surface area contributed by atoms with Gasteiger partial charge in [-0.05, 0) is 43.6 Å². The zero-order valence-electron chi connectivity index (χ0n) is 16.7. The van der Waals surface area contributed by atoms with Crippen LogP contribution in [0.2, 0.25) is 0 Å². The Hall–Kier alpha value is -2.03. The van der Waals surface area contributed by atoms with Crippen LogP contribution >= 0.6 is 0 Å². The minimum atomic E-state index is -0.510. The maximum absolute atomic E-state index is 11.2. The van der Waals surface area contributed by atoms with E-state index in [2.05, 4.69) is 9.80 Å². The summed E-state index contributed by atoms with van der Waals surface area (Å²) in [6.07, 6.45) is 1.91. The van der Waals surface area contributed by atoms with Crippen molar-refractivity contribution in [2.45, 2.75) is 25.5 Å². The summed E-state index contributed by atoms with van der Waals surface area (Å²) in [4.78, 5) is 17.4. The number of ether oxygens (including phenoxy) is 2. The summed E-state index contributed by atoms with van der Waals surface area (Å²) < 4.78 is 11.3. The van der Waals surface area contributed by atoms with Crippen LogP contribution in [0, 0.1) is 0 Å². The second kappa shape index (κ2) is 9.95. The molecular formula is C20H32N4O4. The van der Waals surface area contributed by atoms with Crippen LogP contribution in [0.5, 0.6) is 11.5 Å². The molecule has 2 saturated heterocycles. The highest BCUT2D eigenvalue weighted by Crippen LogP contribution is 2.29. The number of amides is 2. The number of primary amides is 1. The predicted molar refractivity (Wildman–Crippen MR) is 107 cm³/mol. The summed E-state index contributed by atoms with van der Waals surface area (Å²) in [5.41, 5.74) is 6.45. The van der Waals surface area contributed by atoms with Crippen LogP contribution in [0.4, 0.5) is 4.79 Å². The minimum Gasteiger partial charge on any atom is -0.493 e. The average Bonchev–Trinajstić information content (AvgIpc) is 3.20. The number of aliphatic hydroxyl groups excluding tert-OH is 1. The van der Waals surface area contributed by atoms with Gasteiger partial charge in [0.1, 0.15) is 12.7 Å². The highest BCUT2D eigenvalue weighted by atomic mass is 16.5. The minimum absolute atomic E-state index is 0.251. The van der Waals surface area contributed by atoms with E-state index in [-0.39, 0.29) is 12.6 Å². The number of hydrogen-bond donors (Lipinski definition) is 2. The fourth-order valence-electron chi connectivity index (χ4n) is 3.82. The summed E-state index contributed by atoms with van der Waals surface area (Å²) in [6, 6.07) is 5.54. The molecule has 0 radical (unpaired) electrons. The number of aliphatic hydroxyl groups is 1. The molecule has 2 fully saturated rings. The highest BCUT2D eigenvalue weighted by Gasteiger charge is 2.20. The molecule has 0 bridgehead atoms. The number of carbonyl (C=O) groups excluding carboxylic acids is 1.